The molecule has 21 heavy (non-hydrogen) atoms. The summed E-state index contributed by atoms with van der Waals surface area (Å²) >= 11 is 0. The highest BCUT2D eigenvalue weighted by Gasteiger charge is 2.32. The van der Waals surface area contributed by atoms with Crippen molar-refractivity contribution in [1.29, 1.82) is 0 Å². The fraction of sp³-hybridized carbons (Fsp3) is 0.556. The molecule has 2 N–H and O–H groups in total. The smallest absolute Gasteiger partial charge is 0.226 e. The second-order valence-electron chi connectivity index (χ2n) is 7.07. The maximum absolute atomic E-state index is 12.0. The van der Waals surface area contributed by atoms with Gasteiger partial charge >= 0.3 is 0 Å². The van der Waals surface area contributed by atoms with Gasteiger partial charge in [0.05, 0.1) is 17.2 Å². The van der Waals surface area contributed by atoms with Crippen molar-refractivity contribution in [1.82, 2.24) is 0 Å². The fourth-order valence-electron chi connectivity index (χ4n) is 3.00. The van der Waals surface area contributed by atoms with Crippen LogP contribution in [0.15, 0.2) is 29.3 Å². The summed E-state index contributed by atoms with van der Waals surface area (Å²) in [5.41, 5.74) is 8.76. The zero-order valence-electron chi connectivity index (χ0n) is 13.5. The van der Waals surface area contributed by atoms with Gasteiger partial charge < -0.3 is 5.73 Å². The number of hydrogen-bond donors (Lipinski definition) is 1. The molecule has 114 valence electrons. The maximum Gasteiger partial charge on any atom is 0.226 e. The monoisotopic (exact) mass is 286 g/mol. The number of primary amides is 1. The van der Waals surface area contributed by atoms with E-state index in [9.17, 15) is 4.79 Å². The quantitative estimate of drug-likeness (QED) is 0.886. The summed E-state index contributed by atoms with van der Waals surface area (Å²) in [6.07, 6.45) is 2.66. The summed E-state index contributed by atoms with van der Waals surface area (Å²) in [6.45, 7) is 8.56. The van der Waals surface area contributed by atoms with E-state index in [1.165, 1.54) is 5.56 Å². The van der Waals surface area contributed by atoms with Crippen LogP contribution in [-0.2, 0) is 11.2 Å². The number of nitrogens with two attached hydrogens (primary N) is 1. The normalized spacial score (nSPS) is 18.0. The predicted molar refractivity (Wildman–Crippen MR) is 87.5 cm³/mol. The van der Waals surface area contributed by atoms with E-state index in [0.29, 0.717) is 5.92 Å². The van der Waals surface area contributed by atoms with Crippen molar-refractivity contribution in [2.75, 3.05) is 0 Å². The molecule has 1 amide bonds. The topological polar surface area (TPSA) is 55.5 Å². The lowest BCUT2D eigenvalue weighted by Gasteiger charge is -2.31. The number of benzene rings is 1. The van der Waals surface area contributed by atoms with E-state index in [0.717, 1.165) is 30.5 Å². The molecule has 1 unspecified atom stereocenters. The second-order valence-corrected chi connectivity index (χ2v) is 7.07. The summed E-state index contributed by atoms with van der Waals surface area (Å²) in [6, 6.07) is 8.25. The first kappa shape index (κ1) is 15.7. The molecule has 2 rings (SSSR count). The van der Waals surface area contributed by atoms with Gasteiger partial charge in [-0.1, -0.05) is 38.1 Å². The fourth-order valence-corrected chi connectivity index (χ4v) is 3.00. The Kier molecular flexibility index (Phi) is 4.50. The molecule has 1 atom stereocenters. The maximum atomic E-state index is 12.0. The minimum Gasteiger partial charge on any atom is -0.369 e. The van der Waals surface area contributed by atoms with E-state index >= 15 is 0 Å². The Bertz CT molecular complexity index is 558. The van der Waals surface area contributed by atoms with Crippen LogP contribution in [-0.4, -0.2) is 17.2 Å². The highest BCUT2D eigenvalue weighted by molar-refractivity contribution is 6.14. The van der Waals surface area contributed by atoms with Crippen LogP contribution in [0.2, 0.25) is 0 Å². The van der Waals surface area contributed by atoms with Crippen LogP contribution in [0, 0.1) is 11.8 Å². The molecule has 1 aliphatic rings. The zero-order chi connectivity index (χ0) is 15.6. The zero-order valence-corrected chi connectivity index (χ0v) is 13.5. The van der Waals surface area contributed by atoms with E-state index in [1.807, 2.05) is 12.1 Å². The van der Waals surface area contributed by atoms with Crippen LogP contribution >= 0.6 is 0 Å². The van der Waals surface area contributed by atoms with Crippen molar-refractivity contribution in [3.05, 3.63) is 35.4 Å². The van der Waals surface area contributed by atoms with Gasteiger partial charge in [-0.2, -0.15) is 0 Å². The largest absolute Gasteiger partial charge is 0.369 e. The van der Waals surface area contributed by atoms with Gasteiger partial charge in [-0.3, -0.25) is 9.79 Å². The van der Waals surface area contributed by atoms with Crippen molar-refractivity contribution < 1.29 is 4.79 Å². The first-order chi connectivity index (χ1) is 9.80. The average Bonchev–Trinajstić information content (AvgIpc) is 2.36. The third kappa shape index (κ3) is 3.72. The number of rotatable bonds is 5. The lowest BCUT2D eigenvalue weighted by atomic mass is 9.81. The molecule has 1 heterocycles. The number of nitrogens with zero attached hydrogens (tertiary/aromatic N) is 1. The summed E-state index contributed by atoms with van der Waals surface area (Å²) in [4.78, 5) is 16.8. The molecule has 0 fully saturated rings. The molecule has 0 aromatic heterocycles. The molecule has 0 saturated heterocycles. The Morgan fingerprint density at radius 1 is 1.29 bits per heavy atom. The van der Waals surface area contributed by atoms with E-state index in [4.69, 9.17) is 10.7 Å². The van der Waals surface area contributed by atoms with Gasteiger partial charge in [-0.15, -0.1) is 0 Å². The molecule has 0 aliphatic carbocycles. The lowest BCUT2D eigenvalue weighted by Crippen LogP contribution is -2.37. The number of carbonyl (C=O) groups is 1. The first-order valence-corrected chi connectivity index (χ1v) is 7.77. The van der Waals surface area contributed by atoms with Crippen molar-refractivity contribution in [3.8, 4) is 0 Å². The SMILES string of the molecule is CC(C)CCC(C(N)=O)C1=NC(C)(C)Cc2ccccc21. The summed E-state index contributed by atoms with van der Waals surface area (Å²) in [5.74, 6) is 0.00863. The predicted octanol–water partition coefficient (Wildman–Crippen LogP) is 3.35. The molecular weight excluding hydrogens is 260 g/mol. The molecule has 3 nitrogen and oxygen atoms in total. The number of aliphatic imine (C=N–C) groups is 1. The third-order valence-corrected chi connectivity index (χ3v) is 4.05. The Morgan fingerprint density at radius 2 is 1.95 bits per heavy atom. The van der Waals surface area contributed by atoms with Crippen molar-refractivity contribution in [2.24, 2.45) is 22.6 Å². The van der Waals surface area contributed by atoms with E-state index in [-0.39, 0.29) is 17.4 Å². The molecule has 0 saturated carbocycles. The van der Waals surface area contributed by atoms with E-state index in [2.05, 4.69) is 39.8 Å². The highest BCUT2D eigenvalue weighted by atomic mass is 16.1. The van der Waals surface area contributed by atoms with Crippen molar-refractivity contribution in [2.45, 2.75) is 52.5 Å². The third-order valence-electron chi connectivity index (χ3n) is 4.05. The Labute approximate surface area is 127 Å². The van der Waals surface area contributed by atoms with Crippen molar-refractivity contribution >= 4 is 11.6 Å². The Balaban J connectivity index is 2.41. The van der Waals surface area contributed by atoms with Crippen LogP contribution in [0.25, 0.3) is 0 Å². The number of hydrogen-bond acceptors (Lipinski definition) is 2. The molecule has 1 aliphatic heterocycles. The van der Waals surface area contributed by atoms with Crippen LogP contribution in [0.3, 0.4) is 0 Å². The summed E-state index contributed by atoms with van der Waals surface area (Å²) in [5, 5.41) is 0. The minimum absolute atomic E-state index is 0.171. The Hall–Kier alpha value is -1.64. The molecule has 3 heteroatoms. The number of fused-ring (bicyclic) bond motifs is 1. The van der Waals surface area contributed by atoms with Gasteiger partial charge in [0, 0.05) is 0 Å². The minimum atomic E-state index is -0.284. The Morgan fingerprint density at radius 3 is 2.57 bits per heavy atom. The second kappa shape index (κ2) is 6.00. The molecular formula is C18H26N2O. The molecule has 0 spiro atoms. The van der Waals surface area contributed by atoms with Gasteiger partial charge in [-0.25, -0.2) is 0 Å². The van der Waals surface area contributed by atoms with Gasteiger partial charge in [0.25, 0.3) is 0 Å². The molecule has 0 bridgehead atoms. The van der Waals surface area contributed by atoms with Gasteiger partial charge in [-0.05, 0) is 50.2 Å². The standard InChI is InChI=1S/C18H26N2O/c1-12(2)9-10-15(17(19)21)16-14-8-6-5-7-13(14)11-18(3,4)20-16/h5-8,12,15H,9-11H2,1-4H3,(H2,19,21). The van der Waals surface area contributed by atoms with Crippen LogP contribution in [0.5, 0.6) is 0 Å². The summed E-state index contributed by atoms with van der Waals surface area (Å²) in [7, 11) is 0. The molecule has 0 radical (unpaired) electrons. The molecule has 1 aromatic rings. The molecule has 1 aromatic carbocycles. The average molecular weight is 286 g/mol. The number of amides is 1. The van der Waals surface area contributed by atoms with Crippen molar-refractivity contribution in [3.63, 3.8) is 0 Å². The summed E-state index contributed by atoms with van der Waals surface area (Å²) < 4.78 is 0. The van der Waals surface area contributed by atoms with Gasteiger partial charge in [0.1, 0.15) is 0 Å². The van der Waals surface area contributed by atoms with Crippen LogP contribution < -0.4 is 5.73 Å². The van der Waals surface area contributed by atoms with Crippen LogP contribution in [0.1, 0.15) is 51.7 Å². The first-order valence-electron chi connectivity index (χ1n) is 7.77. The van der Waals surface area contributed by atoms with Crippen LogP contribution in [0.4, 0.5) is 0 Å². The van der Waals surface area contributed by atoms with E-state index in [1.54, 1.807) is 0 Å². The van der Waals surface area contributed by atoms with E-state index < -0.39 is 0 Å². The number of carbonyl (C=O) groups excluding carboxylic acids is 1. The lowest BCUT2D eigenvalue weighted by molar-refractivity contribution is -0.120. The van der Waals surface area contributed by atoms with Gasteiger partial charge in [0.2, 0.25) is 5.91 Å². The van der Waals surface area contributed by atoms with Gasteiger partial charge in [0.15, 0.2) is 0 Å². The highest BCUT2D eigenvalue weighted by Crippen LogP contribution is 2.31.